The lowest BCUT2D eigenvalue weighted by Crippen LogP contribution is -2.42. The van der Waals surface area contributed by atoms with Crippen molar-refractivity contribution in [2.45, 2.75) is 44.6 Å². The quantitative estimate of drug-likeness (QED) is 0.277. The topological polar surface area (TPSA) is 93.0 Å². The lowest BCUT2D eigenvalue weighted by atomic mass is 9.93. The minimum Gasteiger partial charge on any atom is -0.478 e. The Morgan fingerprint density at radius 1 is 1.12 bits per heavy atom. The highest BCUT2D eigenvalue weighted by Gasteiger charge is 2.26. The second-order valence-electron chi connectivity index (χ2n) is 11.4. The summed E-state index contributed by atoms with van der Waals surface area (Å²) in [5.41, 5.74) is 3.26. The molecule has 2 aromatic heterocycles. The number of likely N-dealkylation sites (tertiary alicyclic amines) is 1. The minimum absolute atomic E-state index is 0.00544. The number of carboxylic acids is 1. The fourth-order valence-electron chi connectivity index (χ4n) is 5.93. The largest absolute Gasteiger partial charge is 0.478 e. The SMILES string of the molecule is CN1CCOC(Cn2c(CN3CCC(c4cccc(OCc5ccc(Cl)cc5F)n4)CC3)nc3ccc(C(=O)O)cc32)C1. The van der Waals surface area contributed by atoms with Crippen LogP contribution in [-0.4, -0.2) is 81.3 Å². The molecule has 2 aliphatic rings. The molecule has 0 aliphatic carbocycles. The third-order valence-corrected chi connectivity index (χ3v) is 8.54. The van der Waals surface area contributed by atoms with Gasteiger partial charge in [0.2, 0.25) is 5.88 Å². The molecule has 9 nitrogen and oxygen atoms in total. The van der Waals surface area contributed by atoms with Crippen molar-refractivity contribution in [2.24, 2.45) is 0 Å². The van der Waals surface area contributed by atoms with Crippen molar-refractivity contribution >= 4 is 28.6 Å². The summed E-state index contributed by atoms with van der Waals surface area (Å²) in [5.74, 6) is 0.322. The van der Waals surface area contributed by atoms with E-state index < -0.39 is 11.8 Å². The van der Waals surface area contributed by atoms with Crippen LogP contribution in [0.3, 0.4) is 0 Å². The molecule has 6 rings (SSSR count). The summed E-state index contributed by atoms with van der Waals surface area (Å²) in [6.45, 7) is 5.50. The van der Waals surface area contributed by atoms with Crippen LogP contribution >= 0.6 is 11.6 Å². The maximum Gasteiger partial charge on any atom is 0.335 e. The predicted molar refractivity (Wildman–Crippen MR) is 161 cm³/mol. The number of benzene rings is 2. The predicted octanol–water partition coefficient (Wildman–Crippen LogP) is 5.21. The number of aromatic carboxylic acids is 1. The molecular weight excluding hydrogens is 573 g/mol. The molecule has 2 fully saturated rings. The molecule has 2 saturated heterocycles. The van der Waals surface area contributed by atoms with Crippen LogP contribution < -0.4 is 4.74 Å². The highest BCUT2D eigenvalue weighted by Crippen LogP contribution is 2.30. The number of fused-ring (bicyclic) bond motifs is 1. The number of hydrogen-bond acceptors (Lipinski definition) is 7. The van der Waals surface area contributed by atoms with Crippen LogP contribution in [0.2, 0.25) is 5.02 Å². The summed E-state index contributed by atoms with van der Waals surface area (Å²) in [6, 6.07) is 15.4. The van der Waals surface area contributed by atoms with Gasteiger partial charge in [-0.2, -0.15) is 0 Å². The van der Waals surface area contributed by atoms with Crippen molar-refractivity contribution in [1.29, 1.82) is 0 Å². The van der Waals surface area contributed by atoms with Gasteiger partial charge in [0.25, 0.3) is 0 Å². The summed E-state index contributed by atoms with van der Waals surface area (Å²) in [7, 11) is 2.09. The first kappa shape index (κ1) is 29.5. The molecule has 0 amide bonds. The van der Waals surface area contributed by atoms with Crippen LogP contribution in [-0.2, 0) is 24.4 Å². The van der Waals surface area contributed by atoms with E-state index in [1.807, 2.05) is 12.1 Å². The first-order chi connectivity index (χ1) is 20.8. The van der Waals surface area contributed by atoms with E-state index in [1.54, 1.807) is 36.4 Å². The molecule has 0 radical (unpaired) electrons. The van der Waals surface area contributed by atoms with Gasteiger partial charge in [-0.25, -0.2) is 19.2 Å². The molecule has 0 saturated carbocycles. The molecule has 2 aliphatic heterocycles. The van der Waals surface area contributed by atoms with E-state index >= 15 is 0 Å². The number of rotatable bonds is 9. The van der Waals surface area contributed by atoms with Crippen LogP contribution in [0.1, 0.15) is 46.2 Å². The zero-order valence-electron chi connectivity index (χ0n) is 24.1. The van der Waals surface area contributed by atoms with Gasteiger partial charge in [-0.15, -0.1) is 0 Å². The van der Waals surface area contributed by atoms with Gasteiger partial charge < -0.3 is 24.0 Å². The van der Waals surface area contributed by atoms with E-state index in [4.69, 9.17) is 31.0 Å². The van der Waals surface area contributed by atoms with Gasteiger partial charge in [0, 0.05) is 41.4 Å². The van der Waals surface area contributed by atoms with Crippen LogP contribution in [0.25, 0.3) is 11.0 Å². The highest BCUT2D eigenvalue weighted by molar-refractivity contribution is 6.30. The number of carbonyl (C=O) groups is 1. The third-order valence-electron chi connectivity index (χ3n) is 8.31. The van der Waals surface area contributed by atoms with Gasteiger partial charge in [-0.05, 0) is 69.4 Å². The lowest BCUT2D eigenvalue weighted by Gasteiger charge is -2.33. The number of likely N-dealkylation sites (N-methyl/N-ethyl adjacent to an activating group) is 1. The molecule has 43 heavy (non-hydrogen) atoms. The number of ether oxygens (including phenoxy) is 2. The lowest BCUT2D eigenvalue weighted by molar-refractivity contribution is -0.0275. The smallest absolute Gasteiger partial charge is 0.335 e. The van der Waals surface area contributed by atoms with E-state index in [1.165, 1.54) is 6.07 Å². The molecule has 226 valence electrons. The van der Waals surface area contributed by atoms with Crippen molar-refractivity contribution in [3.8, 4) is 5.88 Å². The fraction of sp³-hybridized carbons (Fsp3) is 0.406. The maximum atomic E-state index is 14.2. The minimum atomic E-state index is -0.952. The first-order valence-corrected chi connectivity index (χ1v) is 15.0. The number of carboxylic acid groups (broad SMARTS) is 1. The van der Waals surface area contributed by atoms with Crippen molar-refractivity contribution < 1.29 is 23.8 Å². The average Bonchev–Trinajstić information content (AvgIpc) is 3.33. The Labute approximate surface area is 254 Å². The van der Waals surface area contributed by atoms with Crippen molar-refractivity contribution in [3.63, 3.8) is 0 Å². The van der Waals surface area contributed by atoms with E-state index in [-0.39, 0.29) is 24.2 Å². The van der Waals surface area contributed by atoms with E-state index in [2.05, 4.69) is 21.4 Å². The standard InChI is InChI=1S/C32H35ClFN5O4/c1-37-13-14-42-25(17-37)18-39-29-15-22(32(40)41)6-8-28(29)35-30(39)19-38-11-9-21(10-12-38)27-3-2-4-31(36-27)43-20-23-5-7-24(33)16-26(23)34/h2-8,15-16,21,25H,9-14,17-20H2,1H3,(H,40,41). The van der Waals surface area contributed by atoms with Crippen molar-refractivity contribution in [3.05, 3.63) is 88.1 Å². The summed E-state index contributed by atoms with van der Waals surface area (Å²) >= 11 is 5.86. The molecule has 11 heteroatoms. The molecule has 4 aromatic rings. The Bertz CT molecular complexity index is 1610. The Morgan fingerprint density at radius 2 is 1.95 bits per heavy atom. The van der Waals surface area contributed by atoms with Gasteiger partial charge in [0.05, 0.1) is 42.4 Å². The molecule has 1 atom stereocenters. The summed E-state index contributed by atoms with van der Waals surface area (Å²) in [6.07, 6.45) is 1.87. The molecule has 4 heterocycles. The van der Waals surface area contributed by atoms with Crippen molar-refractivity contribution in [2.75, 3.05) is 39.8 Å². The number of morpholine rings is 1. The van der Waals surface area contributed by atoms with Gasteiger partial charge in [0.1, 0.15) is 18.2 Å². The molecule has 1 unspecified atom stereocenters. The summed E-state index contributed by atoms with van der Waals surface area (Å²) in [5, 5.41) is 9.95. The van der Waals surface area contributed by atoms with Crippen LogP contribution in [0.4, 0.5) is 4.39 Å². The average molecular weight is 608 g/mol. The monoisotopic (exact) mass is 607 g/mol. The number of halogens is 2. The number of aromatic nitrogens is 3. The van der Waals surface area contributed by atoms with Gasteiger partial charge in [-0.1, -0.05) is 23.7 Å². The number of nitrogens with zero attached hydrogens (tertiary/aromatic N) is 5. The zero-order valence-corrected chi connectivity index (χ0v) is 24.8. The summed E-state index contributed by atoms with van der Waals surface area (Å²) < 4.78 is 28.2. The zero-order chi connectivity index (χ0) is 29.9. The molecule has 2 aromatic carbocycles. The van der Waals surface area contributed by atoms with Crippen molar-refractivity contribution in [1.82, 2.24) is 24.3 Å². The number of imidazole rings is 1. The second kappa shape index (κ2) is 13.0. The second-order valence-corrected chi connectivity index (χ2v) is 11.8. The van der Waals surface area contributed by atoms with Crippen LogP contribution in [0, 0.1) is 5.82 Å². The fourth-order valence-corrected chi connectivity index (χ4v) is 6.09. The molecule has 1 N–H and O–H groups in total. The van der Waals surface area contributed by atoms with Gasteiger partial charge in [-0.3, -0.25) is 4.90 Å². The Balaban J connectivity index is 1.12. The van der Waals surface area contributed by atoms with Crippen LogP contribution in [0.5, 0.6) is 5.88 Å². The highest BCUT2D eigenvalue weighted by atomic mass is 35.5. The van der Waals surface area contributed by atoms with Gasteiger partial charge in [0.15, 0.2) is 0 Å². The van der Waals surface area contributed by atoms with E-state index in [9.17, 15) is 14.3 Å². The summed E-state index contributed by atoms with van der Waals surface area (Å²) in [4.78, 5) is 26.0. The number of piperidine rings is 1. The maximum absolute atomic E-state index is 14.2. The Hall–Kier alpha value is -3.57. The Morgan fingerprint density at radius 3 is 2.72 bits per heavy atom. The Kier molecular flexibility index (Phi) is 8.90. The molecule has 0 bridgehead atoms. The number of hydrogen-bond donors (Lipinski definition) is 1. The first-order valence-electron chi connectivity index (χ1n) is 14.6. The van der Waals surface area contributed by atoms with Crippen LogP contribution in [0.15, 0.2) is 54.6 Å². The molecule has 0 spiro atoms. The molecular formula is C32H35ClFN5O4. The van der Waals surface area contributed by atoms with Gasteiger partial charge >= 0.3 is 5.97 Å². The normalized spacial score (nSPS) is 18.7. The van der Waals surface area contributed by atoms with E-state index in [0.29, 0.717) is 36.2 Å². The van der Waals surface area contributed by atoms with E-state index in [0.717, 1.165) is 61.6 Å². The number of pyridine rings is 1. The third kappa shape index (κ3) is 6.99.